The highest BCUT2D eigenvalue weighted by atomic mass is 32.1. The van der Waals surface area contributed by atoms with Gasteiger partial charge in [0, 0.05) is 37.1 Å². The number of amides is 1. The van der Waals surface area contributed by atoms with Gasteiger partial charge in [0.25, 0.3) is 0 Å². The van der Waals surface area contributed by atoms with E-state index in [-0.39, 0.29) is 17.3 Å². The van der Waals surface area contributed by atoms with Gasteiger partial charge in [0.1, 0.15) is 11.4 Å². The number of carboxylic acids is 1. The average Bonchev–Trinajstić information content (AvgIpc) is 3.73. The van der Waals surface area contributed by atoms with Gasteiger partial charge in [-0.3, -0.25) is 9.69 Å². The Bertz CT molecular complexity index is 2080. The highest BCUT2D eigenvalue weighted by molar-refractivity contribution is 7.21. The average molecular weight is 652 g/mol. The summed E-state index contributed by atoms with van der Waals surface area (Å²) in [7, 11) is 0. The summed E-state index contributed by atoms with van der Waals surface area (Å²) in [4.78, 5) is 38.7. The van der Waals surface area contributed by atoms with E-state index in [1.54, 1.807) is 17.4 Å². The van der Waals surface area contributed by atoms with Crippen LogP contribution in [0, 0.1) is 13.8 Å². The van der Waals surface area contributed by atoms with E-state index in [1.807, 2.05) is 66.9 Å². The van der Waals surface area contributed by atoms with E-state index >= 15 is 0 Å². The number of hydrogen-bond donors (Lipinski definition) is 2. The van der Waals surface area contributed by atoms with Crippen molar-refractivity contribution in [3.05, 3.63) is 82.3 Å². The number of carboxylic acid groups (broad SMARTS) is 1. The van der Waals surface area contributed by atoms with Crippen molar-refractivity contribution >= 4 is 55.7 Å². The number of aryl methyl sites for hydroxylation is 2. The fourth-order valence-corrected chi connectivity index (χ4v) is 8.07. The van der Waals surface area contributed by atoms with Crippen LogP contribution in [-0.2, 0) is 16.1 Å². The zero-order chi connectivity index (χ0) is 31.8. The Balaban J connectivity index is 1.31. The summed E-state index contributed by atoms with van der Waals surface area (Å²) in [5, 5.41) is 15.0. The number of benzene rings is 2. The molecule has 0 aliphatic carbocycles. The van der Waals surface area contributed by atoms with Gasteiger partial charge < -0.3 is 19.7 Å². The third-order valence-electron chi connectivity index (χ3n) is 8.26. The number of aromatic nitrogens is 3. The molecule has 0 atom stereocenters. The minimum atomic E-state index is -0.984. The number of carbonyl (C=O) groups excluding carboxylic acids is 1. The second-order valence-corrected chi connectivity index (χ2v) is 13.6. The Morgan fingerprint density at radius 3 is 2.50 bits per heavy atom. The number of carbonyl (C=O) groups is 2. The van der Waals surface area contributed by atoms with Gasteiger partial charge in [-0.2, -0.15) is 0 Å². The fraction of sp³-hybridized carbons (Fsp3) is 0.257. The number of hydrogen-bond acceptors (Lipinski definition) is 8. The summed E-state index contributed by atoms with van der Waals surface area (Å²) in [6, 6.07) is 21.9. The van der Waals surface area contributed by atoms with Gasteiger partial charge in [0.2, 0.25) is 5.91 Å². The number of nitrogens with one attached hydrogen (secondary N) is 1. The molecule has 234 valence electrons. The zero-order valence-corrected chi connectivity index (χ0v) is 27.2. The molecule has 1 aliphatic rings. The number of ether oxygens (including phenoxy) is 1. The van der Waals surface area contributed by atoms with E-state index in [4.69, 9.17) is 9.72 Å². The molecule has 0 bridgehead atoms. The number of pyridine rings is 1. The summed E-state index contributed by atoms with van der Waals surface area (Å²) in [5.41, 5.74) is 7.12. The Hall–Kier alpha value is -4.42. The highest BCUT2D eigenvalue weighted by Crippen LogP contribution is 2.45. The third-order valence-corrected chi connectivity index (χ3v) is 10.5. The molecule has 9 nitrogen and oxygen atoms in total. The molecular weight excluding hydrogens is 619 g/mol. The number of aromatic carboxylic acids is 1. The van der Waals surface area contributed by atoms with Crippen LogP contribution in [0.5, 0.6) is 0 Å². The minimum Gasteiger partial charge on any atom is -0.477 e. The fourth-order valence-electron chi connectivity index (χ4n) is 6.11. The third kappa shape index (κ3) is 5.94. The first-order chi connectivity index (χ1) is 22.4. The monoisotopic (exact) mass is 651 g/mol. The molecule has 0 spiro atoms. The molecule has 46 heavy (non-hydrogen) atoms. The molecular formula is C35H33N5O4S2. The molecule has 4 aromatic heterocycles. The molecule has 0 radical (unpaired) electrons. The summed E-state index contributed by atoms with van der Waals surface area (Å²) >= 11 is 2.88. The number of fused-ring (bicyclic) bond motifs is 2. The number of morpholine rings is 1. The molecule has 0 saturated carbocycles. The van der Waals surface area contributed by atoms with E-state index < -0.39 is 5.97 Å². The minimum absolute atomic E-state index is 0.0524. The second-order valence-electron chi connectivity index (χ2n) is 11.4. The van der Waals surface area contributed by atoms with Crippen LogP contribution in [0.15, 0.2) is 66.7 Å². The molecule has 1 aliphatic heterocycles. The molecule has 11 heteroatoms. The highest BCUT2D eigenvalue weighted by Gasteiger charge is 2.25. The molecule has 5 heterocycles. The molecule has 1 saturated heterocycles. The van der Waals surface area contributed by atoms with Crippen molar-refractivity contribution in [3.8, 4) is 33.0 Å². The lowest BCUT2D eigenvalue weighted by Crippen LogP contribution is -2.41. The molecule has 1 fully saturated rings. The van der Waals surface area contributed by atoms with Crippen molar-refractivity contribution in [1.82, 2.24) is 24.8 Å². The largest absolute Gasteiger partial charge is 0.477 e. The molecule has 6 aromatic rings. The quantitative estimate of drug-likeness (QED) is 0.184. The maximum absolute atomic E-state index is 13.5. The van der Waals surface area contributed by atoms with E-state index in [0.29, 0.717) is 19.8 Å². The maximum atomic E-state index is 13.5. The summed E-state index contributed by atoms with van der Waals surface area (Å²) in [6.45, 7) is 8.46. The summed E-state index contributed by atoms with van der Waals surface area (Å²) in [5.74, 6) is -1.11. The number of nitrogens with zero attached hydrogens (tertiary/aromatic N) is 4. The Kier molecular flexibility index (Phi) is 8.39. The van der Waals surface area contributed by atoms with Crippen molar-refractivity contribution in [2.24, 2.45) is 0 Å². The molecule has 0 unspecified atom stereocenters. The first-order valence-corrected chi connectivity index (χ1v) is 16.9. The summed E-state index contributed by atoms with van der Waals surface area (Å²) < 4.78 is 8.25. The van der Waals surface area contributed by atoms with Gasteiger partial charge >= 0.3 is 5.97 Å². The van der Waals surface area contributed by atoms with Crippen LogP contribution in [0.4, 0.5) is 0 Å². The number of thiophene rings is 1. The van der Waals surface area contributed by atoms with E-state index in [2.05, 4.69) is 27.3 Å². The molecule has 7 rings (SSSR count). The van der Waals surface area contributed by atoms with Gasteiger partial charge in [0.15, 0.2) is 0 Å². The topological polar surface area (TPSA) is 110 Å². The Labute approximate surface area is 274 Å². The van der Waals surface area contributed by atoms with Gasteiger partial charge in [0.05, 0.1) is 55.9 Å². The van der Waals surface area contributed by atoms with Gasteiger partial charge in [-0.25, -0.2) is 14.8 Å². The SMILES string of the molecule is Cc1nc(C)c(-c2ccc3cc(-c4c(-c5ccccc5)c5sc(C(=O)O)cc5n4CC(=O)NCCN4CCOCC4)ccc3n2)s1. The van der Waals surface area contributed by atoms with Crippen molar-refractivity contribution in [1.29, 1.82) is 0 Å². The standard InChI is InChI=1S/C35H33N5O4S2/c1-21-33(45-22(2)37-21)27-11-8-24-18-25(9-10-26(24)38-27)32-31(23-6-4-3-5-7-23)34-28(19-29(46-34)35(42)43)40(32)20-30(41)36-12-13-39-14-16-44-17-15-39/h3-11,18-19H,12-17,20H2,1-2H3,(H,36,41)(H,42,43). The van der Waals surface area contributed by atoms with Crippen LogP contribution < -0.4 is 5.32 Å². The van der Waals surface area contributed by atoms with Crippen molar-refractivity contribution in [3.63, 3.8) is 0 Å². The van der Waals surface area contributed by atoms with Crippen LogP contribution in [0.2, 0.25) is 0 Å². The van der Waals surface area contributed by atoms with Crippen molar-refractivity contribution < 1.29 is 19.4 Å². The first-order valence-electron chi connectivity index (χ1n) is 15.2. The van der Waals surface area contributed by atoms with E-state index in [1.165, 1.54) is 11.3 Å². The predicted molar refractivity (Wildman–Crippen MR) is 184 cm³/mol. The van der Waals surface area contributed by atoms with Crippen LogP contribution in [-0.4, -0.2) is 75.8 Å². The van der Waals surface area contributed by atoms with Crippen LogP contribution in [0.25, 0.3) is 54.1 Å². The lowest BCUT2D eigenvalue weighted by Gasteiger charge is -2.26. The smallest absolute Gasteiger partial charge is 0.345 e. The second kappa shape index (κ2) is 12.8. The lowest BCUT2D eigenvalue weighted by atomic mass is 10.00. The van der Waals surface area contributed by atoms with Crippen molar-refractivity contribution in [2.75, 3.05) is 39.4 Å². The first kappa shape index (κ1) is 30.2. The van der Waals surface area contributed by atoms with E-state index in [0.717, 1.165) is 84.4 Å². The zero-order valence-electron chi connectivity index (χ0n) is 25.6. The lowest BCUT2D eigenvalue weighted by molar-refractivity contribution is -0.121. The van der Waals surface area contributed by atoms with E-state index in [9.17, 15) is 14.7 Å². The van der Waals surface area contributed by atoms with Crippen molar-refractivity contribution in [2.45, 2.75) is 20.4 Å². The Morgan fingerprint density at radius 1 is 0.957 bits per heavy atom. The normalized spacial score (nSPS) is 13.9. The van der Waals surface area contributed by atoms with Gasteiger partial charge in [-0.05, 0) is 49.2 Å². The molecule has 1 amide bonds. The van der Waals surface area contributed by atoms with Crippen LogP contribution in [0.1, 0.15) is 20.4 Å². The molecule has 2 N–H and O–H groups in total. The predicted octanol–water partition coefficient (Wildman–Crippen LogP) is 6.47. The Morgan fingerprint density at radius 2 is 1.76 bits per heavy atom. The van der Waals surface area contributed by atoms with Gasteiger partial charge in [-0.1, -0.05) is 42.5 Å². The summed E-state index contributed by atoms with van der Waals surface area (Å²) in [6.07, 6.45) is 0. The molecule has 2 aromatic carbocycles. The number of rotatable bonds is 9. The number of thiazole rings is 1. The maximum Gasteiger partial charge on any atom is 0.345 e. The van der Waals surface area contributed by atoms with Crippen LogP contribution in [0.3, 0.4) is 0 Å². The van der Waals surface area contributed by atoms with Gasteiger partial charge in [-0.15, -0.1) is 22.7 Å². The van der Waals surface area contributed by atoms with Crippen LogP contribution >= 0.6 is 22.7 Å².